The fourth-order valence-corrected chi connectivity index (χ4v) is 2.53. The summed E-state index contributed by atoms with van der Waals surface area (Å²) in [4.78, 5) is 15.3. The Kier molecular flexibility index (Phi) is 4.58. The predicted molar refractivity (Wildman–Crippen MR) is 81.0 cm³/mol. The molecular formula is C15H18N2OS. The van der Waals surface area contributed by atoms with Crippen LogP contribution in [-0.2, 0) is 6.42 Å². The van der Waals surface area contributed by atoms with Gasteiger partial charge in [0, 0.05) is 36.8 Å². The molecule has 1 amide bonds. The number of likely N-dealkylation sites (N-methyl/N-ethyl adjacent to an activating group) is 1. The van der Waals surface area contributed by atoms with Crippen LogP contribution in [0.4, 0.5) is 5.69 Å². The first-order valence-corrected chi connectivity index (χ1v) is 7.14. The van der Waals surface area contributed by atoms with Crippen molar-refractivity contribution >= 4 is 22.9 Å². The molecule has 1 aromatic carbocycles. The van der Waals surface area contributed by atoms with Gasteiger partial charge in [0.05, 0.1) is 0 Å². The molecule has 0 radical (unpaired) electrons. The van der Waals surface area contributed by atoms with Crippen molar-refractivity contribution in [3.05, 3.63) is 52.2 Å². The van der Waals surface area contributed by atoms with E-state index in [4.69, 9.17) is 0 Å². The molecule has 0 saturated carbocycles. The maximum atomic E-state index is 12.2. The number of anilines is 1. The second-order valence-corrected chi connectivity index (χ2v) is 5.42. The lowest BCUT2D eigenvalue weighted by molar-refractivity contribution is 0.0797. The molecular weight excluding hydrogens is 256 g/mol. The number of amides is 1. The minimum absolute atomic E-state index is 0.0687. The standard InChI is InChI=1S/C15H18N2OS/c1-16-13-7-5-12(6-8-13)15(18)17(2)10-9-14-4-3-11-19-14/h3-8,11,16H,9-10H2,1-2H3. The Morgan fingerprint density at radius 1 is 1.26 bits per heavy atom. The van der Waals surface area contributed by atoms with Crippen molar-refractivity contribution in [2.75, 3.05) is 26.0 Å². The van der Waals surface area contributed by atoms with Crippen molar-refractivity contribution in [3.63, 3.8) is 0 Å². The monoisotopic (exact) mass is 274 g/mol. The molecule has 2 rings (SSSR count). The van der Waals surface area contributed by atoms with Crippen molar-refractivity contribution in [1.82, 2.24) is 4.90 Å². The first-order valence-electron chi connectivity index (χ1n) is 6.26. The average molecular weight is 274 g/mol. The van der Waals surface area contributed by atoms with Crippen LogP contribution in [0.15, 0.2) is 41.8 Å². The van der Waals surface area contributed by atoms with Gasteiger partial charge in [0.2, 0.25) is 0 Å². The van der Waals surface area contributed by atoms with Crippen LogP contribution in [-0.4, -0.2) is 31.4 Å². The molecule has 4 heteroatoms. The third-order valence-electron chi connectivity index (χ3n) is 3.04. The van der Waals surface area contributed by atoms with E-state index in [1.54, 1.807) is 16.2 Å². The number of carbonyl (C=O) groups is 1. The Labute approximate surface area is 117 Å². The zero-order valence-electron chi connectivity index (χ0n) is 11.2. The molecule has 0 spiro atoms. The second-order valence-electron chi connectivity index (χ2n) is 4.38. The van der Waals surface area contributed by atoms with Gasteiger partial charge in [-0.3, -0.25) is 4.79 Å². The average Bonchev–Trinajstić information content (AvgIpc) is 2.97. The summed E-state index contributed by atoms with van der Waals surface area (Å²) in [6.07, 6.45) is 0.911. The van der Waals surface area contributed by atoms with Gasteiger partial charge in [0.25, 0.3) is 5.91 Å². The zero-order valence-corrected chi connectivity index (χ0v) is 12.0. The molecule has 0 atom stereocenters. The fourth-order valence-electron chi connectivity index (χ4n) is 1.83. The van der Waals surface area contributed by atoms with Crippen molar-refractivity contribution in [1.29, 1.82) is 0 Å². The molecule has 0 aliphatic rings. The first kappa shape index (κ1) is 13.6. The molecule has 0 aliphatic heterocycles. The van der Waals surface area contributed by atoms with E-state index in [0.717, 1.165) is 24.2 Å². The minimum atomic E-state index is 0.0687. The third-order valence-corrected chi connectivity index (χ3v) is 3.98. The summed E-state index contributed by atoms with van der Waals surface area (Å²) < 4.78 is 0. The van der Waals surface area contributed by atoms with E-state index >= 15 is 0 Å². The molecule has 0 bridgehead atoms. The normalized spacial score (nSPS) is 10.2. The number of carbonyl (C=O) groups excluding carboxylic acids is 1. The summed E-state index contributed by atoms with van der Waals surface area (Å²) in [6, 6.07) is 11.7. The Balaban J connectivity index is 1.94. The van der Waals surface area contributed by atoms with E-state index in [9.17, 15) is 4.79 Å². The molecule has 0 unspecified atom stereocenters. The zero-order chi connectivity index (χ0) is 13.7. The summed E-state index contributed by atoms with van der Waals surface area (Å²) in [5.41, 5.74) is 1.74. The quantitative estimate of drug-likeness (QED) is 0.908. The molecule has 0 fully saturated rings. The number of nitrogens with one attached hydrogen (secondary N) is 1. The smallest absolute Gasteiger partial charge is 0.253 e. The third kappa shape index (κ3) is 3.58. The molecule has 19 heavy (non-hydrogen) atoms. The van der Waals surface area contributed by atoms with E-state index in [0.29, 0.717) is 0 Å². The highest BCUT2D eigenvalue weighted by Crippen LogP contribution is 2.12. The van der Waals surface area contributed by atoms with E-state index in [-0.39, 0.29) is 5.91 Å². The van der Waals surface area contributed by atoms with Gasteiger partial charge in [-0.25, -0.2) is 0 Å². The van der Waals surface area contributed by atoms with Crippen LogP contribution in [0.25, 0.3) is 0 Å². The van der Waals surface area contributed by atoms with Crippen molar-refractivity contribution in [3.8, 4) is 0 Å². The Hall–Kier alpha value is -1.81. The largest absolute Gasteiger partial charge is 0.388 e. The highest BCUT2D eigenvalue weighted by molar-refractivity contribution is 7.09. The summed E-state index contributed by atoms with van der Waals surface area (Å²) in [6.45, 7) is 0.743. The van der Waals surface area contributed by atoms with Crippen molar-refractivity contribution < 1.29 is 4.79 Å². The van der Waals surface area contributed by atoms with Gasteiger partial charge < -0.3 is 10.2 Å². The van der Waals surface area contributed by atoms with Crippen LogP contribution in [0.3, 0.4) is 0 Å². The van der Waals surface area contributed by atoms with Gasteiger partial charge in [-0.05, 0) is 42.1 Å². The number of rotatable bonds is 5. The minimum Gasteiger partial charge on any atom is -0.388 e. The second kappa shape index (κ2) is 6.38. The van der Waals surface area contributed by atoms with Crippen molar-refractivity contribution in [2.45, 2.75) is 6.42 Å². The summed E-state index contributed by atoms with van der Waals surface area (Å²) in [7, 11) is 3.71. The lowest BCUT2D eigenvalue weighted by Crippen LogP contribution is -2.28. The van der Waals surface area contributed by atoms with E-state index in [1.807, 2.05) is 44.4 Å². The van der Waals surface area contributed by atoms with Gasteiger partial charge in [-0.15, -0.1) is 11.3 Å². The summed E-state index contributed by atoms with van der Waals surface area (Å²) >= 11 is 1.73. The molecule has 0 aliphatic carbocycles. The summed E-state index contributed by atoms with van der Waals surface area (Å²) in [5.74, 6) is 0.0687. The molecule has 3 nitrogen and oxygen atoms in total. The van der Waals surface area contributed by atoms with Gasteiger partial charge in [-0.2, -0.15) is 0 Å². The van der Waals surface area contributed by atoms with Crippen LogP contribution in [0, 0.1) is 0 Å². The SMILES string of the molecule is CNc1ccc(C(=O)N(C)CCc2cccs2)cc1. The van der Waals surface area contributed by atoms with Crippen LogP contribution < -0.4 is 5.32 Å². The van der Waals surface area contributed by atoms with Crippen LogP contribution in [0.1, 0.15) is 15.2 Å². The van der Waals surface area contributed by atoms with Gasteiger partial charge >= 0.3 is 0 Å². The lowest BCUT2D eigenvalue weighted by atomic mass is 10.2. The van der Waals surface area contributed by atoms with Crippen LogP contribution in [0.5, 0.6) is 0 Å². The first-order chi connectivity index (χ1) is 9.20. The van der Waals surface area contributed by atoms with Crippen LogP contribution in [0.2, 0.25) is 0 Å². The number of benzene rings is 1. The maximum Gasteiger partial charge on any atom is 0.253 e. The van der Waals surface area contributed by atoms with E-state index < -0.39 is 0 Å². The molecule has 1 heterocycles. The van der Waals surface area contributed by atoms with Crippen molar-refractivity contribution in [2.24, 2.45) is 0 Å². The van der Waals surface area contributed by atoms with Gasteiger partial charge in [0.1, 0.15) is 0 Å². The molecule has 2 aromatic rings. The topological polar surface area (TPSA) is 32.3 Å². The molecule has 1 aromatic heterocycles. The Morgan fingerprint density at radius 2 is 2.00 bits per heavy atom. The van der Waals surface area contributed by atoms with Crippen LogP contribution >= 0.6 is 11.3 Å². The Morgan fingerprint density at radius 3 is 2.58 bits per heavy atom. The highest BCUT2D eigenvalue weighted by atomic mass is 32.1. The lowest BCUT2D eigenvalue weighted by Gasteiger charge is -2.17. The fraction of sp³-hybridized carbons (Fsp3) is 0.267. The van der Waals surface area contributed by atoms with Gasteiger partial charge in [0.15, 0.2) is 0 Å². The molecule has 0 saturated heterocycles. The highest BCUT2D eigenvalue weighted by Gasteiger charge is 2.11. The molecule has 1 N–H and O–H groups in total. The number of hydrogen-bond acceptors (Lipinski definition) is 3. The Bertz CT molecular complexity index is 520. The molecule has 100 valence electrons. The predicted octanol–water partition coefficient (Wildman–Crippen LogP) is 3.10. The summed E-state index contributed by atoms with van der Waals surface area (Å²) in [5, 5.41) is 5.11. The number of hydrogen-bond donors (Lipinski definition) is 1. The van der Waals surface area contributed by atoms with E-state index in [1.165, 1.54) is 4.88 Å². The number of nitrogens with zero attached hydrogens (tertiary/aromatic N) is 1. The van der Waals surface area contributed by atoms with E-state index in [2.05, 4.69) is 16.8 Å². The maximum absolute atomic E-state index is 12.2. The van der Waals surface area contributed by atoms with Gasteiger partial charge in [-0.1, -0.05) is 6.07 Å². The number of thiophene rings is 1.